The van der Waals surface area contributed by atoms with E-state index in [4.69, 9.17) is 18.9 Å². The summed E-state index contributed by atoms with van der Waals surface area (Å²) in [6.45, 7) is 3.38. The first kappa shape index (κ1) is 55.9. The van der Waals surface area contributed by atoms with E-state index in [1.807, 2.05) is 0 Å². The zero-order valence-corrected chi connectivity index (χ0v) is 38.2. The van der Waals surface area contributed by atoms with Crippen LogP contribution >= 0.6 is 0 Å². The fourth-order valence-corrected chi connectivity index (χ4v) is 7.32. The molecule has 1 rings (SSSR count). The van der Waals surface area contributed by atoms with Gasteiger partial charge in [-0.15, -0.1) is 0 Å². The van der Waals surface area contributed by atoms with Crippen LogP contribution in [0.15, 0.2) is 36.5 Å². The first-order valence-corrected chi connectivity index (χ1v) is 24.6. The lowest BCUT2D eigenvalue weighted by Gasteiger charge is -2.39. The van der Waals surface area contributed by atoms with Crippen LogP contribution in [0.1, 0.15) is 213 Å². The van der Waals surface area contributed by atoms with Crippen LogP contribution in [0.2, 0.25) is 0 Å². The lowest BCUT2D eigenvalue weighted by atomic mass is 9.99. The van der Waals surface area contributed by atoms with Crippen molar-refractivity contribution in [2.75, 3.05) is 19.8 Å². The van der Waals surface area contributed by atoms with Gasteiger partial charge in [0.25, 0.3) is 0 Å². The molecule has 1 aliphatic heterocycles. The minimum absolute atomic E-state index is 0.214. The molecule has 6 atom stereocenters. The monoisotopic (exact) mass is 851 g/mol. The van der Waals surface area contributed by atoms with E-state index >= 15 is 0 Å². The van der Waals surface area contributed by atoms with Gasteiger partial charge < -0.3 is 39.4 Å². The second-order valence-electron chi connectivity index (χ2n) is 16.9. The van der Waals surface area contributed by atoms with Crippen LogP contribution in [0.4, 0.5) is 0 Å². The van der Waals surface area contributed by atoms with Gasteiger partial charge in [0.1, 0.15) is 31.0 Å². The molecule has 350 valence electrons. The number of rotatable bonds is 41. The highest BCUT2D eigenvalue weighted by atomic mass is 16.7. The van der Waals surface area contributed by atoms with Crippen molar-refractivity contribution >= 4 is 11.9 Å². The Hall–Kier alpha value is -2.08. The van der Waals surface area contributed by atoms with Crippen LogP contribution in [0.3, 0.4) is 0 Å². The number of aliphatic hydroxyl groups excluding tert-OH is 4. The van der Waals surface area contributed by atoms with E-state index in [2.05, 4.69) is 50.3 Å². The van der Waals surface area contributed by atoms with Gasteiger partial charge in [-0.05, 0) is 64.2 Å². The van der Waals surface area contributed by atoms with Crippen LogP contribution in [0, 0.1) is 0 Å². The maximum atomic E-state index is 12.8. The average Bonchev–Trinajstić information content (AvgIpc) is 3.25. The summed E-state index contributed by atoms with van der Waals surface area (Å²) in [5, 5.41) is 40.1. The van der Waals surface area contributed by atoms with E-state index in [-0.39, 0.29) is 32.0 Å². The van der Waals surface area contributed by atoms with Crippen molar-refractivity contribution in [3.63, 3.8) is 0 Å². The predicted molar refractivity (Wildman–Crippen MR) is 242 cm³/mol. The largest absolute Gasteiger partial charge is 0.462 e. The van der Waals surface area contributed by atoms with E-state index in [0.29, 0.717) is 6.42 Å². The fourth-order valence-electron chi connectivity index (χ4n) is 7.32. The molecule has 0 aromatic carbocycles. The Balaban J connectivity index is 2.26. The van der Waals surface area contributed by atoms with E-state index in [1.54, 1.807) is 0 Å². The van der Waals surface area contributed by atoms with Crippen molar-refractivity contribution in [2.45, 2.75) is 250 Å². The molecule has 1 aliphatic rings. The van der Waals surface area contributed by atoms with Crippen LogP contribution in [0.25, 0.3) is 0 Å². The summed E-state index contributed by atoms with van der Waals surface area (Å²) in [6, 6.07) is 0. The highest BCUT2D eigenvalue weighted by Crippen LogP contribution is 2.23. The molecule has 0 aromatic rings. The quantitative estimate of drug-likeness (QED) is 0.0266. The Morgan fingerprint density at radius 3 is 1.45 bits per heavy atom. The van der Waals surface area contributed by atoms with Crippen molar-refractivity contribution in [1.29, 1.82) is 0 Å². The third kappa shape index (κ3) is 31.7. The lowest BCUT2D eigenvalue weighted by molar-refractivity contribution is -0.305. The number of esters is 2. The minimum Gasteiger partial charge on any atom is -0.462 e. The van der Waals surface area contributed by atoms with Gasteiger partial charge in [-0.25, -0.2) is 0 Å². The molecule has 0 saturated carbocycles. The Bertz CT molecular complexity index is 1080. The third-order valence-corrected chi connectivity index (χ3v) is 11.2. The lowest BCUT2D eigenvalue weighted by Crippen LogP contribution is -2.59. The van der Waals surface area contributed by atoms with Crippen molar-refractivity contribution in [1.82, 2.24) is 0 Å². The summed E-state index contributed by atoms with van der Waals surface area (Å²) in [6.07, 6.45) is 40.1. The highest BCUT2D eigenvalue weighted by molar-refractivity contribution is 5.70. The van der Waals surface area contributed by atoms with Gasteiger partial charge in [0, 0.05) is 12.8 Å². The van der Waals surface area contributed by atoms with E-state index in [0.717, 1.165) is 64.2 Å². The Labute approximate surface area is 366 Å². The zero-order chi connectivity index (χ0) is 43.7. The molecule has 60 heavy (non-hydrogen) atoms. The van der Waals surface area contributed by atoms with Gasteiger partial charge in [-0.3, -0.25) is 9.59 Å². The average molecular weight is 851 g/mol. The molecule has 0 spiro atoms. The van der Waals surface area contributed by atoms with Crippen molar-refractivity contribution < 1.29 is 49.0 Å². The van der Waals surface area contributed by atoms with Gasteiger partial charge in [0.15, 0.2) is 12.4 Å². The number of hydrogen-bond donors (Lipinski definition) is 4. The summed E-state index contributed by atoms with van der Waals surface area (Å²) in [5.74, 6) is -0.819. The molecular weight excluding hydrogens is 761 g/mol. The summed E-state index contributed by atoms with van der Waals surface area (Å²) < 4.78 is 22.2. The summed E-state index contributed by atoms with van der Waals surface area (Å²) in [7, 11) is 0. The second-order valence-corrected chi connectivity index (χ2v) is 16.9. The highest BCUT2D eigenvalue weighted by Gasteiger charge is 2.44. The van der Waals surface area contributed by atoms with Crippen LogP contribution < -0.4 is 0 Å². The molecule has 0 aliphatic carbocycles. The SMILES string of the molecule is CCCC/C=C/C/C=C/CCCCCCCC(=O)O[C@@H](COC(=O)CCCCCCCCCCCCC/C=C/CCCCCCCC)CO[C@H]1O[C@@H](CO)[C@@H](O)C(O)C1O. The van der Waals surface area contributed by atoms with Gasteiger partial charge in [0.05, 0.1) is 13.2 Å². The van der Waals surface area contributed by atoms with Crippen LogP contribution in [-0.4, -0.2) is 89.0 Å². The standard InChI is InChI=1S/C50H90O10/c1-3-5-7-9-11-13-15-17-19-20-21-22-23-24-25-27-28-30-32-34-36-38-45(52)57-41-43(42-58-50-49(56)48(55)47(54)44(40-51)60-50)59-46(53)39-37-35-33-31-29-26-18-16-14-12-10-8-6-4-2/h10,12,16-19,43-44,47-51,54-56H,3-9,11,13-15,20-42H2,1-2H3/b12-10+,18-16+,19-17+/t43-,44-,47+,48?,49?,50-/m0/s1. The summed E-state index contributed by atoms with van der Waals surface area (Å²) in [4.78, 5) is 25.4. The van der Waals surface area contributed by atoms with Crippen molar-refractivity contribution in [3.8, 4) is 0 Å². The first-order valence-electron chi connectivity index (χ1n) is 24.6. The molecule has 10 nitrogen and oxygen atoms in total. The van der Waals surface area contributed by atoms with Gasteiger partial charge in [0.2, 0.25) is 0 Å². The van der Waals surface area contributed by atoms with Gasteiger partial charge in [-0.1, -0.05) is 172 Å². The molecular formula is C50H90O10. The molecule has 1 heterocycles. The molecule has 0 radical (unpaired) electrons. The maximum Gasteiger partial charge on any atom is 0.306 e. The molecule has 0 bridgehead atoms. The number of ether oxygens (including phenoxy) is 4. The summed E-state index contributed by atoms with van der Waals surface area (Å²) in [5.41, 5.74) is 0. The Kier molecular flexibility index (Phi) is 38.2. The number of allylic oxidation sites excluding steroid dienone is 6. The molecule has 1 fully saturated rings. The number of carbonyl (C=O) groups excluding carboxylic acids is 2. The van der Waals surface area contributed by atoms with Crippen LogP contribution in [0.5, 0.6) is 0 Å². The molecule has 10 heteroatoms. The molecule has 2 unspecified atom stereocenters. The maximum absolute atomic E-state index is 12.8. The van der Waals surface area contributed by atoms with E-state index in [9.17, 15) is 30.0 Å². The zero-order valence-electron chi connectivity index (χ0n) is 38.2. The predicted octanol–water partition coefficient (Wildman–Crippen LogP) is 11.1. The molecule has 1 saturated heterocycles. The van der Waals surface area contributed by atoms with Gasteiger partial charge in [-0.2, -0.15) is 0 Å². The van der Waals surface area contributed by atoms with E-state index < -0.39 is 49.4 Å². The Morgan fingerprint density at radius 2 is 0.950 bits per heavy atom. The molecule has 0 aromatic heterocycles. The number of hydrogen-bond acceptors (Lipinski definition) is 10. The molecule has 0 amide bonds. The first-order chi connectivity index (χ1) is 29.3. The summed E-state index contributed by atoms with van der Waals surface area (Å²) >= 11 is 0. The molecule has 4 N–H and O–H groups in total. The third-order valence-electron chi connectivity index (χ3n) is 11.2. The normalized spacial score (nSPS) is 20.1. The number of unbranched alkanes of at least 4 members (excludes halogenated alkanes) is 24. The van der Waals surface area contributed by atoms with E-state index in [1.165, 1.54) is 116 Å². The van der Waals surface area contributed by atoms with Gasteiger partial charge >= 0.3 is 11.9 Å². The number of aliphatic hydroxyl groups is 4. The number of carbonyl (C=O) groups is 2. The Morgan fingerprint density at radius 1 is 0.517 bits per heavy atom. The topological polar surface area (TPSA) is 152 Å². The van der Waals surface area contributed by atoms with Crippen LogP contribution in [-0.2, 0) is 28.5 Å². The second kappa shape index (κ2) is 41.0. The minimum atomic E-state index is -1.60. The smallest absolute Gasteiger partial charge is 0.306 e. The van der Waals surface area contributed by atoms with Crippen molar-refractivity contribution in [2.24, 2.45) is 0 Å². The van der Waals surface area contributed by atoms with Crippen molar-refractivity contribution in [3.05, 3.63) is 36.5 Å². The fraction of sp³-hybridized carbons (Fsp3) is 0.840.